The lowest BCUT2D eigenvalue weighted by molar-refractivity contribution is -0.173. The van der Waals surface area contributed by atoms with Gasteiger partial charge in [-0.25, -0.2) is 0 Å². The lowest BCUT2D eigenvalue weighted by atomic mass is 9.51. The van der Waals surface area contributed by atoms with E-state index in [9.17, 15) is 0 Å². The normalized spacial score (nSPS) is 32.4. The highest BCUT2D eigenvalue weighted by Gasteiger charge is 2.58. The van der Waals surface area contributed by atoms with Crippen molar-refractivity contribution in [3.8, 4) is 0 Å². The molecule has 2 saturated carbocycles. The van der Waals surface area contributed by atoms with Gasteiger partial charge in [-0.1, -0.05) is 6.42 Å². The molecule has 1 N–H and O–H groups in total. The number of hydrogen-bond donors (Lipinski definition) is 1. The molecule has 2 atom stereocenters. The van der Waals surface area contributed by atoms with Gasteiger partial charge in [0, 0.05) is 31.7 Å². The maximum atomic E-state index is 5.80. The van der Waals surface area contributed by atoms with Crippen LogP contribution in [-0.4, -0.2) is 39.0 Å². The molecule has 0 aromatic heterocycles. The van der Waals surface area contributed by atoms with Crippen LogP contribution in [0.15, 0.2) is 0 Å². The minimum absolute atomic E-state index is 0.490. The molecular weight excluding hydrogens is 190 g/mol. The summed E-state index contributed by atoms with van der Waals surface area (Å²) in [4.78, 5) is 0. The van der Waals surface area contributed by atoms with E-state index in [2.05, 4.69) is 12.2 Å². The minimum atomic E-state index is 0.490. The van der Waals surface area contributed by atoms with Crippen LogP contribution in [0.4, 0.5) is 0 Å². The Kier molecular flexibility index (Phi) is 3.65. The van der Waals surface area contributed by atoms with Crippen LogP contribution < -0.4 is 5.32 Å². The summed E-state index contributed by atoms with van der Waals surface area (Å²) in [5.74, 6) is 0. The Labute approximate surface area is 92.5 Å². The van der Waals surface area contributed by atoms with Gasteiger partial charge in [-0.15, -0.1) is 0 Å². The predicted octanol–water partition coefficient (Wildman–Crippen LogP) is 1.57. The van der Waals surface area contributed by atoms with E-state index in [-0.39, 0.29) is 0 Å². The smallest absolute Gasteiger partial charge is 0.0661 e. The van der Waals surface area contributed by atoms with E-state index in [0.717, 1.165) is 19.8 Å². The second-order valence-electron chi connectivity index (χ2n) is 4.77. The molecule has 1 spiro atoms. The van der Waals surface area contributed by atoms with E-state index in [1.807, 2.05) is 0 Å². The molecule has 0 amide bonds. The lowest BCUT2D eigenvalue weighted by Crippen LogP contribution is -2.67. The fourth-order valence-electron chi connectivity index (χ4n) is 3.06. The van der Waals surface area contributed by atoms with Gasteiger partial charge in [-0.05, 0) is 26.2 Å². The van der Waals surface area contributed by atoms with Crippen molar-refractivity contribution >= 4 is 0 Å². The van der Waals surface area contributed by atoms with Crippen molar-refractivity contribution in [3.63, 3.8) is 0 Å². The summed E-state index contributed by atoms with van der Waals surface area (Å²) in [6.07, 6.45) is 5.80. The van der Waals surface area contributed by atoms with Crippen LogP contribution in [-0.2, 0) is 9.47 Å². The second-order valence-corrected chi connectivity index (χ2v) is 4.77. The molecule has 2 aliphatic carbocycles. The molecule has 2 fully saturated rings. The molecule has 3 nitrogen and oxygen atoms in total. The van der Waals surface area contributed by atoms with Crippen LogP contribution in [0.2, 0.25) is 0 Å². The largest absolute Gasteiger partial charge is 0.383 e. The van der Waals surface area contributed by atoms with E-state index in [1.54, 1.807) is 7.11 Å². The van der Waals surface area contributed by atoms with Gasteiger partial charge >= 0.3 is 0 Å². The molecule has 0 aromatic rings. The number of methoxy groups -OCH3 is 1. The van der Waals surface area contributed by atoms with E-state index in [0.29, 0.717) is 17.6 Å². The fraction of sp³-hybridized carbons (Fsp3) is 1.00. The molecule has 2 aliphatic rings. The zero-order valence-corrected chi connectivity index (χ0v) is 9.92. The quantitative estimate of drug-likeness (QED) is 0.679. The van der Waals surface area contributed by atoms with Crippen LogP contribution in [0.25, 0.3) is 0 Å². The third-order valence-electron chi connectivity index (χ3n) is 4.13. The minimum Gasteiger partial charge on any atom is -0.383 e. The summed E-state index contributed by atoms with van der Waals surface area (Å²) in [5.41, 5.74) is 0.490. The van der Waals surface area contributed by atoms with Crippen molar-refractivity contribution < 1.29 is 9.47 Å². The first-order chi connectivity index (χ1) is 7.33. The van der Waals surface area contributed by atoms with Crippen molar-refractivity contribution in [1.29, 1.82) is 0 Å². The molecule has 0 heterocycles. The van der Waals surface area contributed by atoms with Gasteiger partial charge in [0.1, 0.15) is 0 Å². The molecule has 88 valence electrons. The first-order valence-corrected chi connectivity index (χ1v) is 6.17. The van der Waals surface area contributed by atoms with E-state index >= 15 is 0 Å². The van der Waals surface area contributed by atoms with Gasteiger partial charge in [0.05, 0.1) is 12.7 Å². The van der Waals surface area contributed by atoms with Crippen molar-refractivity contribution in [2.24, 2.45) is 5.41 Å². The zero-order valence-electron chi connectivity index (χ0n) is 9.92. The third kappa shape index (κ3) is 1.93. The molecule has 2 unspecified atom stereocenters. The number of rotatable bonds is 6. The van der Waals surface area contributed by atoms with Gasteiger partial charge in [-0.2, -0.15) is 0 Å². The SMILES string of the molecule is CCOC1CC(NCCOC)C12CCC2. The third-order valence-corrected chi connectivity index (χ3v) is 4.13. The Bertz CT molecular complexity index is 202. The molecule has 0 radical (unpaired) electrons. The molecular formula is C12H23NO2. The molecule has 3 heteroatoms. The molecule has 15 heavy (non-hydrogen) atoms. The molecule has 0 aliphatic heterocycles. The first-order valence-electron chi connectivity index (χ1n) is 6.17. The van der Waals surface area contributed by atoms with E-state index < -0.39 is 0 Å². The van der Waals surface area contributed by atoms with Crippen molar-refractivity contribution in [2.75, 3.05) is 26.9 Å². The predicted molar refractivity (Wildman–Crippen MR) is 60.0 cm³/mol. The fourth-order valence-corrected chi connectivity index (χ4v) is 3.06. The maximum absolute atomic E-state index is 5.80. The van der Waals surface area contributed by atoms with Crippen molar-refractivity contribution in [2.45, 2.75) is 44.8 Å². The highest BCUT2D eigenvalue weighted by Crippen LogP contribution is 2.57. The summed E-state index contributed by atoms with van der Waals surface area (Å²) in [6.45, 7) is 4.74. The monoisotopic (exact) mass is 213 g/mol. The van der Waals surface area contributed by atoms with Crippen LogP contribution in [0, 0.1) is 5.41 Å². The summed E-state index contributed by atoms with van der Waals surface area (Å²) in [5, 5.41) is 3.60. The van der Waals surface area contributed by atoms with Gasteiger partial charge < -0.3 is 14.8 Å². The Morgan fingerprint density at radius 2 is 2.20 bits per heavy atom. The Morgan fingerprint density at radius 1 is 1.40 bits per heavy atom. The van der Waals surface area contributed by atoms with Gasteiger partial charge in [0.15, 0.2) is 0 Å². The maximum Gasteiger partial charge on any atom is 0.0661 e. The summed E-state index contributed by atoms with van der Waals surface area (Å²) in [7, 11) is 1.75. The van der Waals surface area contributed by atoms with Crippen molar-refractivity contribution in [3.05, 3.63) is 0 Å². The standard InChI is InChI=1S/C12H23NO2/c1-3-15-11-9-10(13-7-8-14-2)12(11)5-4-6-12/h10-11,13H,3-9H2,1-2H3. The number of hydrogen-bond acceptors (Lipinski definition) is 3. The van der Waals surface area contributed by atoms with Gasteiger partial charge in [0.2, 0.25) is 0 Å². The van der Waals surface area contributed by atoms with Crippen LogP contribution in [0.3, 0.4) is 0 Å². The molecule has 0 aromatic carbocycles. The van der Waals surface area contributed by atoms with Crippen LogP contribution in [0.5, 0.6) is 0 Å². The highest BCUT2D eigenvalue weighted by molar-refractivity contribution is 5.11. The summed E-state index contributed by atoms with van der Waals surface area (Å²) >= 11 is 0. The number of ether oxygens (including phenoxy) is 2. The lowest BCUT2D eigenvalue weighted by Gasteiger charge is -2.61. The zero-order chi connectivity index (χ0) is 10.7. The number of nitrogens with one attached hydrogen (secondary N) is 1. The molecule has 0 saturated heterocycles. The second kappa shape index (κ2) is 4.81. The highest BCUT2D eigenvalue weighted by atomic mass is 16.5. The molecule has 2 rings (SSSR count). The summed E-state index contributed by atoms with van der Waals surface area (Å²) in [6, 6.07) is 0.679. The van der Waals surface area contributed by atoms with E-state index in [1.165, 1.54) is 25.7 Å². The Hall–Kier alpha value is -0.120. The van der Waals surface area contributed by atoms with Gasteiger partial charge in [0.25, 0.3) is 0 Å². The first kappa shape index (κ1) is 11.4. The average molecular weight is 213 g/mol. The Balaban J connectivity index is 1.77. The van der Waals surface area contributed by atoms with Crippen LogP contribution in [0.1, 0.15) is 32.6 Å². The van der Waals surface area contributed by atoms with E-state index in [4.69, 9.17) is 9.47 Å². The summed E-state index contributed by atoms with van der Waals surface area (Å²) < 4.78 is 10.9. The molecule has 0 bridgehead atoms. The Morgan fingerprint density at radius 3 is 2.73 bits per heavy atom. The van der Waals surface area contributed by atoms with Gasteiger partial charge in [-0.3, -0.25) is 0 Å². The van der Waals surface area contributed by atoms with Crippen LogP contribution >= 0.6 is 0 Å². The average Bonchev–Trinajstić information content (AvgIpc) is 2.12. The van der Waals surface area contributed by atoms with Crippen molar-refractivity contribution in [1.82, 2.24) is 5.32 Å². The topological polar surface area (TPSA) is 30.5 Å².